The van der Waals surface area contributed by atoms with Crippen LogP contribution in [0.15, 0.2) is 36.4 Å². The molecule has 0 amide bonds. The Morgan fingerprint density at radius 3 is 2.85 bits per heavy atom. The van der Waals surface area contributed by atoms with Crippen molar-refractivity contribution in [3.63, 3.8) is 0 Å². The van der Waals surface area contributed by atoms with E-state index in [9.17, 15) is 0 Å². The summed E-state index contributed by atoms with van der Waals surface area (Å²) in [5.74, 6) is 0.390. The first-order chi connectivity index (χ1) is 6.40. The second-order valence-corrected chi connectivity index (χ2v) is 2.57. The maximum Gasteiger partial charge on any atom is 0.570 e. The van der Waals surface area contributed by atoms with E-state index in [0.717, 1.165) is 10.9 Å². The van der Waals surface area contributed by atoms with E-state index >= 15 is 0 Å². The summed E-state index contributed by atoms with van der Waals surface area (Å²) in [6, 6.07) is 11.3. The fourth-order valence-electron chi connectivity index (χ4n) is 1.17. The average Bonchev–Trinajstić information content (AvgIpc) is 2.18. The molecule has 1 radical (unpaired) electrons. The zero-order chi connectivity index (χ0) is 9.10. The van der Waals surface area contributed by atoms with E-state index in [1.807, 2.05) is 30.3 Å². The number of fused-ring (bicyclic) bond motifs is 1. The van der Waals surface area contributed by atoms with Crippen molar-refractivity contribution in [3.8, 4) is 5.88 Å². The smallest absolute Gasteiger partial charge is 0.523 e. The Morgan fingerprint density at radius 1 is 1.15 bits per heavy atom. The molecule has 0 aliphatic heterocycles. The van der Waals surface area contributed by atoms with Crippen molar-refractivity contribution in [1.82, 2.24) is 4.98 Å². The average molecular weight is 172 g/mol. The van der Waals surface area contributed by atoms with Gasteiger partial charge in [0.1, 0.15) is 0 Å². The molecule has 0 unspecified atom stereocenters. The van der Waals surface area contributed by atoms with Crippen LogP contribution in [0.2, 0.25) is 0 Å². The maximum atomic E-state index is 8.40. The quantitative estimate of drug-likeness (QED) is 0.690. The number of nitrogens with zero attached hydrogens (tertiary/aromatic N) is 1. The summed E-state index contributed by atoms with van der Waals surface area (Å²) < 4.78 is 4.73. The summed E-state index contributed by atoms with van der Waals surface area (Å²) in [7, 11) is 0.622. The zero-order valence-electron chi connectivity index (χ0n) is 6.84. The van der Waals surface area contributed by atoms with Crippen molar-refractivity contribution < 1.29 is 9.68 Å². The summed E-state index contributed by atoms with van der Waals surface area (Å²) in [6.45, 7) is 0. The summed E-state index contributed by atoms with van der Waals surface area (Å²) in [6.07, 6.45) is 0. The summed E-state index contributed by atoms with van der Waals surface area (Å²) in [4.78, 5) is 4.15. The molecule has 0 atom stereocenters. The molecule has 2 rings (SSSR count). The maximum absolute atomic E-state index is 8.40. The van der Waals surface area contributed by atoms with Gasteiger partial charge < -0.3 is 9.68 Å². The van der Waals surface area contributed by atoms with Gasteiger partial charge in [-0.15, -0.1) is 0 Å². The number of hydrogen-bond acceptors (Lipinski definition) is 3. The van der Waals surface area contributed by atoms with Crippen molar-refractivity contribution in [3.05, 3.63) is 36.4 Å². The van der Waals surface area contributed by atoms with Crippen molar-refractivity contribution >= 4 is 18.6 Å². The molecule has 1 N–H and O–H groups in total. The topological polar surface area (TPSA) is 42.4 Å². The van der Waals surface area contributed by atoms with Gasteiger partial charge in [-0.2, -0.15) is 0 Å². The van der Waals surface area contributed by atoms with Gasteiger partial charge in [0.15, 0.2) is 5.88 Å². The van der Waals surface area contributed by atoms with Crippen molar-refractivity contribution in [2.45, 2.75) is 0 Å². The van der Waals surface area contributed by atoms with Gasteiger partial charge >= 0.3 is 7.69 Å². The standard InChI is InChI=1S/C9H7BNO2/c12-10-13-9-6-5-7-3-1-2-4-8(7)11-9/h1-6,12H. The van der Waals surface area contributed by atoms with Crippen molar-refractivity contribution in [2.75, 3.05) is 0 Å². The summed E-state index contributed by atoms with van der Waals surface area (Å²) in [5, 5.41) is 9.45. The zero-order valence-corrected chi connectivity index (χ0v) is 6.84. The van der Waals surface area contributed by atoms with Gasteiger partial charge in [-0.1, -0.05) is 18.2 Å². The Labute approximate surface area is 76.3 Å². The minimum atomic E-state index is 0.390. The minimum absolute atomic E-state index is 0.390. The third kappa shape index (κ3) is 1.62. The molecule has 0 spiro atoms. The molecule has 13 heavy (non-hydrogen) atoms. The number of rotatable bonds is 2. The highest BCUT2D eigenvalue weighted by Crippen LogP contribution is 2.15. The second-order valence-electron chi connectivity index (χ2n) is 2.57. The predicted octanol–water partition coefficient (Wildman–Crippen LogP) is 1.14. The van der Waals surface area contributed by atoms with E-state index in [0.29, 0.717) is 13.6 Å². The number of para-hydroxylation sites is 1. The number of pyridine rings is 1. The Kier molecular flexibility index (Phi) is 2.14. The van der Waals surface area contributed by atoms with E-state index in [2.05, 4.69) is 4.98 Å². The van der Waals surface area contributed by atoms with Crippen LogP contribution in [0, 0.1) is 0 Å². The normalized spacial score (nSPS) is 9.92. The third-order valence-corrected chi connectivity index (χ3v) is 1.75. The first kappa shape index (κ1) is 8.07. The predicted molar refractivity (Wildman–Crippen MR) is 50.3 cm³/mol. The molecule has 1 heterocycles. The van der Waals surface area contributed by atoms with Crippen LogP contribution in [-0.4, -0.2) is 17.7 Å². The van der Waals surface area contributed by atoms with Gasteiger partial charge in [-0.3, -0.25) is 0 Å². The molecule has 4 heteroatoms. The van der Waals surface area contributed by atoms with Crippen LogP contribution in [0.25, 0.3) is 10.9 Å². The van der Waals surface area contributed by atoms with E-state index in [-0.39, 0.29) is 0 Å². The van der Waals surface area contributed by atoms with Gasteiger partial charge in [0, 0.05) is 5.39 Å². The molecule has 0 aliphatic carbocycles. The highest BCUT2D eigenvalue weighted by atomic mass is 16.5. The molecule has 3 nitrogen and oxygen atoms in total. The fourth-order valence-corrected chi connectivity index (χ4v) is 1.17. The molecular weight excluding hydrogens is 165 g/mol. The van der Waals surface area contributed by atoms with Gasteiger partial charge in [0.2, 0.25) is 0 Å². The van der Waals surface area contributed by atoms with Crippen LogP contribution < -0.4 is 4.65 Å². The van der Waals surface area contributed by atoms with Crippen LogP contribution in [0.3, 0.4) is 0 Å². The highest BCUT2D eigenvalue weighted by Gasteiger charge is 1.97. The molecule has 0 saturated heterocycles. The SMILES string of the molecule is O[B]Oc1ccc2ccccc2n1. The van der Waals surface area contributed by atoms with Crippen LogP contribution >= 0.6 is 0 Å². The lowest BCUT2D eigenvalue weighted by atomic mass is 10.2. The highest BCUT2D eigenvalue weighted by molar-refractivity contribution is 6.17. The molecule has 2 aromatic rings. The largest absolute Gasteiger partial charge is 0.570 e. The first-order valence-corrected chi connectivity index (χ1v) is 3.88. The molecule has 0 bridgehead atoms. The third-order valence-electron chi connectivity index (χ3n) is 1.75. The lowest BCUT2D eigenvalue weighted by Crippen LogP contribution is -2.01. The fraction of sp³-hybridized carbons (Fsp3) is 0. The van der Waals surface area contributed by atoms with Crippen LogP contribution in [-0.2, 0) is 0 Å². The number of aromatic nitrogens is 1. The van der Waals surface area contributed by atoms with Gasteiger partial charge in [-0.25, -0.2) is 4.98 Å². The first-order valence-electron chi connectivity index (χ1n) is 3.88. The molecule has 0 fully saturated rings. The Morgan fingerprint density at radius 2 is 2.00 bits per heavy atom. The lowest BCUT2D eigenvalue weighted by molar-refractivity contribution is 0.444. The Balaban J connectivity index is 2.49. The number of hydrogen-bond donors (Lipinski definition) is 1. The molecule has 1 aromatic heterocycles. The lowest BCUT2D eigenvalue weighted by Gasteiger charge is -2.01. The van der Waals surface area contributed by atoms with Crippen molar-refractivity contribution in [2.24, 2.45) is 0 Å². The van der Waals surface area contributed by atoms with Crippen LogP contribution in [0.4, 0.5) is 0 Å². The van der Waals surface area contributed by atoms with E-state index in [4.69, 9.17) is 9.68 Å². The van der Waals surface area contributed by atoms with Gasteiger partial charge in [0.05, 0.1) is 5.52 Å². The molecular formula is C9H7BNO2. The Hall–Kier alpha value is -1.55. The molecule has 63 valence electrons. The van der Waals surface area contributed by atoms with Gasteiger partial charge in [-0.05, 0) is 18.2 Å². The van der Waals surface area contributed by atoms with Crippen LogP contribution in [0.5, 0.6) is 5.88 Å². The summed E-state index contributed by atoms with van der Waals surface area (Å²) >= 11 is 0. The summed E-state index contributed by atoms with van der Waals surface area (Å²) in [5.41, 5.74) is 0.849. The van der Waals surface area contributed by atoms with E-state index in [1.54, 1.807) is 6.07 Å². The monoisotopic (exact) mass is 172 g/mol. The van der Waals surface area contributed by atoms with Crippen molar-refractivity contribution in [1.29, 1.82) is 0 Å². The van der Waals surface area contributed by atoms with E-state index < -0.39 is 0 Å². The van der Waals surface area contributed by atoms with E-state index in [1.165, 1.54) is 0 Å². The second kappa shape index (κ2) is 3.45. The number of benzene rings is 1. The van der Waals surface area contributed by atoms with Crippen LogP contribution in [0.1, 0.15) is 0 Å². The molecule has 0 aliphatic rings. The Bertz CT molecular complexity index is 419. The molecule has 0 saturated carbocycles. The molecule has 1 aromatic carbocycles. The minimum Gasteiger partial charge on any atom is -0.523 e. The van der Waals surface area contributed by atoms with Gasteiger partial charge in [0.25, 0.3) is 0 Å².